The predicted molar refractivity (Wildman–Crippen MR) is 103 cm³/mol. The van der Waals surface area contributed by atoms with Crippen LogP contribution in [-0.2, 0) is 21.9 Å². The molecule has 3 rings (SSSR count). The number of hydrogen-bond donors (Lipinski definition) is 1. The molecule has 0 spiro atoms. The van der Waals surface area contributed by atoms with Crippen LogP contribution in [0.15, 0.2) is 47.1 Å². The topological polar surface area (TPSA) is 62.6 Å². The number of aryl methyl sites for hydroxylation is 1. The molecule has 1 aliphatic rings. The Bertz CT molecular complexity index is 728. The van der Waals surface area contributed by atoms with Gasteiger partial charge in [0.2, 0.25) is 11.8 Å². The number of benzene rings is 1. The van der Waals surface area contributed by atoms with Crippen LogP contribution in [0.3, 0.4) is 0 Å². The summed E-state index contributed by atoms with van der Waals surface area (Å²) in [4.78, 5) is 26.0. The van der Waals surface area contributed by atoms with Gasteiger partial charge in [-0.2, -0.15) is 11.8 Å². The Kier molecular flexibility index (Phi) is 6.39. The van der Waals surface area contributed by atoms with Crippen molar-refractivity contribution in [2.75, 3.05) is 18.8 Å². The van der Waals surface area contributed by atoms with E-state index in [0.717, 1.165) is 17.3 Å². The highest BCUT2D eigenvalue weighted by molar-refractivity contribution is 7.98. The first kappa shape index (κ1) is 18.6. The van der Waals surface area contributed by atoms with Crippen molar-refractivity contribution in [2.24, 2.45) is 5.92 Å². The maximum atomic E-state index is 12.3. The zero-order valence-electron chi connectivity index (χ0n) is 14.9. The molecule has 6 heteroatoms. The molecule has 1 saturated heterocycles. The van der Waals surface area contributed by atoms with Crippen LogP contribution in [0, 0.1) is 12.8 Å². The first-order chi connectivity index (χ1) is 12.6. The van der Waals surface area contributed by atoms with Gasteiger partial charge in [-0.25, -0.2) is 0 Å². The molecule has 0 aliphatic carbocycles. The average molecular weight is 372 g/mol. The summed E-state index contributed by atoms with van der Waals surface area (Å²) in [5, 5.41) is 2.96. The van der Waals surface area contributed by atoms with Gasteiger partial charge in [0.25, 0.3) is 0 Å². The third-order valence-electron chi connectivity index (χ3n) is 4.45. The number of furan rings is 1. The van der Waals surface area contributed by atoms with Crippen LogP contribution < -0.4 is 5.32 Å². The molecule has 2 aromatic rings. The smallest absolute Gasteiger partial charge is 0.225 e. The number of nitrogens with zero attached hydrogens (tertiary/aromatic N) is 1. The van der Waals surface area contributed by atoms with E-state index in [1.807, 2.05) is 6.07 Å². The van der Waals surface area contributed by atoms with Crippen molar-refractivity contribution in [3.63, 3.8) is 0 Å². The second-order valence-corrected chi connectivity index (χ2v) is 7.69. The van der Waals surface area contributed by atoms with E-state index in [2.05, 4.69) is 36.5 Å². The van der Waals surface area contributed by atoms with Crippen molar-refractivity contribution in [2.45, 2.75) is 25.6 Å². The quantitative estimate of drug-likeness (QED) is 0.724. The summed E-state index contributed by atoms with van der Waals surface area (Å²) in [5.74, 6) is 2.25. The Labute approximate surface area is 158 Å². The lowest BCUT2D eigenvalue weighted by atomic mass is 10.1. The number of carbonyl (C=O) groups excluding carboxylic acids is 2. The van der Waals surface area contributed by atoms with E-state index in [4.69, 9.17) is 4.42 Å². The maximum absolute atomic E-state index is 12.3. The summed E-state index contributed by atoms with van der Waals surface area (Å²) in [7, 11) is 0. The van der Waals surface area contributed by atoms with Gasteiger partial charge in [-0.1, -0.05) is 29.8 Å². The van der Waals surface area contributed by atoms with Crippen LogP contribution in [0.2, 0.25) is 0 Å². The number of carbonyl (C=O) groups is 2. The average Bonchev–Trinajstić information content (AvgIpc) is 3.27. The summed E-state index contributed by atoms with van der Waals surface area (Å²) in [5.41, 5.74) is 2.56. The van der Waals surface area contributed by atoms with Crippen molar-refractivity contribution in [1.82, 2.24) is 10.2 Å². The minimum Gasteiger partial charge on any atom is -0.467 e. The fourth-order valence-electron chi connectivity index (χ4n) is 2.96. The summed E-state index contributed by atoms with van der Waals surface area (Å²) >= 11 is 1.80. The number of likely N-dealkylation sites (tertiary alicyclic amines) is 1. The normalized spacial score (nSPS) is 16.9. The summed E-state index contributed by atoms with van der Waals surface area (Å²) < 4.78 is 5.28. The third kappa shape index (κ3) is 5.14. The van der Waals surface area contributed by atoms with Crippen molar-refractivity contribution >= 4 is 23.6 Å². The minimum absolute atomic E-state index is 0.00953. The van der Waals surface area contributed by atoms with E-state index in [9.17, 15) is 9.59 Å². The predicted octanol–water partition coefficient (Wildman–Crippen LogP) is 2.99. The number of thioether (sulfide) groups is 1. The summed E-state index contributed by atoms with van der Waals surface area (Å²) in [6, 6.07) is 12.1. The Morgan fingerprint density at radius 1 is 1.31 bits per heavy atom. The van der Waals surface area contributed by atoms with Crippen LogP contribution in [0.5, 0.6) is 0 Å². The lowest BCUT2D eigenvalue weighted by Gasteiger charge is -2.15. The molecule has 0 bridgehead atoms. The van der Waals surface area contributed by atoms with Crippen molar-refractivity contribution in [3.8, 4) is 0 Å². The SMILES string of the molecule is Cc1ccc(CSCCNC(=O)C2CC(=O)N(Cc3ccco3)C2)cc1. The first-order valence-corrected chi connectivity index (χ1v) is 9.98. The molecule has 1 N–H and O–H groups in total. The number of amides is 2. The van der Waals surface area contributed by atoms with E-state index >= 15 is 0 Å². The Morgan fingerprint density at radius 3 is 2.85 bits per heavy atom. The largest absolute Gasteiger partial charge is 0.467 e. The Hall–Kier alpha value is -2.21. The van der Waals surface area contributed by atoms with Gasteiger partial charge < -0.3 is 14.6 Å². The Morgan fingerprint density at radius 2 is 2.12 bits per heavy atom. The van der Waals surface area contributed by atoms with Crippen molar-refractivity contribution in [3.05, 3.63) is 59.5 Å². The van der Waals surface area contributed by atoms with Gasteiger partial charge in [-0.15, -0.1) is 0 Å². The van der Waals surface area contributed by atoms with E-state index in [1.165, 1.54) is 11.1 Å². The number of nitrogens with one attached hydrogen (secondary N) is 1. The van der Waals surface area contributed by atoms with E-state index in [1.54, 1.807) is 29.0 Å². The van der Waals surface area contributed by atoms with Crippen molar-refractivity contribution in [1.29, 1.82) is 0 Å². The second-order valence-electron chi connectivity index (χ2n) is 6.58. The molecular formula is C20H24N2O3S. The molecule has 26 heavy (non-hydrogen) atoms. The van der Waals surface area contributed by atoms with E-state index < -0.39 is 0 Å². The molecule has 1 fully saturated rings. The monoisotopic (exact) mass is 372 g/mol. The molecular weight excluding hydrogens is 348 g/mol. The maximum Gasteiger partial charge on any atom is 0.225 e. The zero-order valence-corrected chi connectivity index (χ0v) is 15.8. The molecule has 2 amide bonds. The van der Waals surface area contributed by atoms with Gasteiger partial charge in [0.15, 0.2) is 0 Å². The number of hydrogen-bond acceptors (Lipinski definition) is 4. The minimum atomic E-state index is -0.264. The highest BCUT2D eigenvalue weighted by Crippen LogP contribution is 2.20. The van der Waals surface area contributed by atoms with Gasteiger partial charge >= 0.3 is 0 Å². The van der Waals surface area contributed by atoms with Gasteiger partial charge in [-0.05, 0) is 24.6 Å². The molecule has 1 aliphatic heterocycles. The lowest BCUT2D eigenvalue weighted by Crippen LogP contribution is -2.34. The molecule has 2 heterocycles. The highest BCUT2D eigenvalue weighted by atomic mass is 32.2. The molecule has 1 atom stereocenters. The molecule has 138 valence electrons. The molecule has 5 nitrogen and oxygen atoms in total. The van der Waals surface area contributed by atoms with Crippen LogP contribution in [0.1, 0.15) is 23.3 Å². The first-order valence-electron chi connectivity index (χ1n) is 8.83. The third-order valence-corrected chi connectivity index (χ3v) is 5.48. The molecule has 1 unspecified atom stereocenters. The van der Waals surface area contributed by atoms with Crippen LogP contribution >= 0.6 is 11.8 Å². The van der Waals surface area contributed by atoms with Crippen LogP contribution in [-0.4, -0.2) is 35.6 Å². The molecule has 1 aromatic heterocycles. The Balaban J connectivity index is 1.34. The van der Waals surface area contributed by atoms with Crippen LogP contribution in [0.25, 0.3) is 0 Å². The van der Waals surface area contributed by atoms with Crippen LogP contribution in [0.4, 0.5) is 0 Å². The second kappa shape index (κ2) is 8.94. The van der Waals surface area contributed by atoms with Crippen molar-refractivity contribution < 1.29 is 14.0 Å². The molecule has 0 radical (unpaired) electrons. The van der Waals surface area contributed by atoms with E-state index in [0.29, 0.717) is 19.6 Å². The molecule has 0 saturated carbocycles. The number of rotatable bonds is 8. The highest BCUT2D eigenvalue weighted by Gasteiger charge is 2.34. The fourth-order valence-corrected chi connectivity index (χ4v) is 3.78. The van der Waals surface area contributed by atoms with E-state index in [-0.39, 0.29) is 24.2 Å². The lowest BCUT2D eigenvalue weighted by molar-refractivity contribution is -0.129. The standard InChI is InChI=1S/C20H24N2O3S/c1-15-4-6-16(7-5-15)14-26-10-8-21-20(24)17-11-19(23)22(12-17)13-18-3-2-9-25-18/h2-7,9,17H,8,10-14H2,1H3,(H,21,24). The van der Waals surface area contributed by atoms with Gasteiger partial charge in [0.1, 0.15) is 5.76 Å². The zero-order chi connectivity index (χ0) is 18.4. The summed E-state index contributed by atoms with van der Waals surface area (Å²) in [6.07, 6.45) is 1.87. The fraction of sp³-hybridized carbons (Fsp3) is 0.400. The summed E-state index contributed by atoms with van der Waals surface area (Å²) in [6.45, 7) is 3.60. The van der Waals surface area contributed by atoms with Gasteiger partial charge in [0, 0.05) is 31.0 Å². The van der Waals surface area contributed by atoms with Gasteiger partial charge in [0.05, 0.1) is 18.7 Å². The molecule has 1 aromatic carbocycles. The van der Waals surface area contributed by atoms with Gasteiger partial charge in [-0.3, -0.25) is 9.59 Å².